The third kappa shape index (κ3) is 3.95. The molecule has 1 aliphatic carbocycles. The van der Waals surface area contributed by atoms with Crippen molar-refractivity contribution in [1.29, 1.82) is 0 Å². The summed E-state index contributed by atoms with van der Waals surface area (Å²) < 4.78 is 0. The highest BCUT2D eigenvalue weighted by Crippen LogP contribution is 2.34. The molecule has 0 unspecified atom stereocenters. The van der Waals surface area contributed by atoms with Crippen LogP contribution in [0.3, 0.4) is 0 Å². The van der Waals surface area contributed by atoms with E-state index in [9.17, 15) is 4.79 Å². The molecule has 3 aromatic carbocycles. The van der Waals surface area contributed by atoms with Crippen LogP contribution in [0.25, 0.3) is 10.8 Å². The van der Waals surface area contributed by atoms with E-state index in [0.717, 1.165) is 6.42 Å². The van der Waals surface area contributed by atoms with Crippen molar-refractivity contribution in [2.45, 2.75) is 50.6 Å². The number of hydrogen-bond acceptors (Lipinski definition) is 2. The van der Waals surface area contributed by atoms with Crippen LogP contribution < -0.4 is 11.1 Å². The lowest BCUT2D eigenvalue weighted by Gasteiger charge is -2.32. The maximum absolute atomic E-state index is 11.3. The SMILES string of the molecule is C[C@@H](N[C@H]1CCC[C@H](c2ccc(C(N)=O)cc2)C1)c1cccc2ccccc12. The topological polar surface area (TPSA) is 55.1 Å². The van der Waals surface area contributed by atoms with Gasteiger partial charge in [0.1, 0.15) is 0 Å². The minimum absolute atomic E-state index is 0.312. The van der Waals surface area contributed by atoms with E-state index in [1.165, 1.54) is 41.2 Å². The highest BCUT2D eigenvalue weighted by atomic mass is 16.1. The summed E-state index contributed by atoms with van der Waals surface area (Å²) in [6.07, 6.45) is 4.77. The van der Waals surface area contributed by atoms with Crippen LogP contribution in [0.2, 0.25) is 0 Å². The molecule has 144 valence electrons. The zero-order chi connectivity index (χ0) is 19.5. The Morgan fingerprint density at radius 3 is 2.54 bits per heavy atom. The normalized spacial score (nSPS) is 20.8. The fraction of sp³-hybridized carbons (Fsp3) is 0.320. The second-order valence-electron chi connectivity index (χ2n) is 8.00. The number of carbonyl (C=O) groups is 1. The Morgan fingerprint density at radius 2 is 1.75 bits per heavy atom. The predicted molar refractivity (Wildman–Crippen MR) is 115 cm³/mol. The molecule has 4 rings (SSSR count). The van der Waals surface area contributed by atoms with E-state index in [4.69, 9.17) is 5.73 Å². The molecule has 3 atom stereocenters. The van der Waals surface area contributed by atoms with Gasteiger partial charge in [-0.05, 0) is 66.1 Å². The highest BCUT2D eigenvalue weighted by Gasteiger charge is 2.25. The minimum Gasteiger partial charge on any atom is -0.366 e. The molecule has 0 bridgehead atoms. The largest absolute Gasteiger partial charge is 0.366 e. The number of fused-ring (bicyclic) bond motifs is 1. The van der Waals surface area contributed by atoms with Crippen LogP contribution in [0, 0.1) is 0 Å². The molecule has 1 amide bonds. The summed E-state index contributed by atoms with van der Waals surface area (Å²) in [5, 5.41) is 6.51. The first-order chi connectivity index (χ1) is 13.6. The third-order valence-electron chi connectivity index (χ3n) is 6.12. The number of benzene rings is 3. The van der Waals surface area contributed by atoms with Crippen LogP contribution in [-0.4, -0.2) is 11.9 Å². The Kier molecular flexibility index (Phi) is 5.45. The van der Waals surface area contributed by atoms with Crippen LogP contribution >= 0.6 is 0 Å². The third-order valence-corrected chi connectivity index (χ3v) is 6.12. The second-order valence-corrected chi connectivity index (χ2v) is 8.00. The maximum Gasteiger partial charge on any atom is 0.248 e. The van der Waals surface area contributed by atoms with Gasteiger partial charge in [0.2, 0.25) is 5.91 Å². The lowest BCUT2D eigenvalue weighted by molar-refractivity contribution is 0.1000. The molecule has 0 spiro atoms. The molecule has 0 aromatic heterocycles. The van der Waals surface area contributed by atoms with Gasteiger partial charge in [-0.1, -0.05) is 61.0 Å². The van der Waals surface area contributed by atoms with Crippen LogP contribution in [0.15, 0.2) is 66.7 Å². The van der Waals surface area contributed by atoms with Crippen molar-refractivity contribution in [3.8, 4) is 0 Å². The van der Waals surface area contributed by atoms with Gasteiger partial charge < -0.3 is 11.1 Å². The molecule has 3 N–H and O–H groups in total. The number of carbonyl (C=O) groups excluding carboxylic acids is 1. The average Bonchev–Trinajstić information content (AvgIpc) is 2.73. The molecule has 0 aliphatic heterocycles. The molecule has 0 radical (unpaired) electrons. The summed E-state index contributed by atoms with van der Waals surface area (Å²) in [5.74, 6) is 0.173. The minimum atomic E-state index is -0.362. The summed E-state index contributed by atoms with van der Waals surface area (Å²) in [4.78, 5) is 11.3. The van der Waals surface area contributed by atoms with Gasteiger partial charge in [-0.25, -0.2) is 0 Å². The summed E-state index contributed by atoms with van der Waals surface area (Å²) in [7, 11) is 0. The van der Waals surface area contributed by atoms with E-state index in [0.29, 0.717) is 23.6 Å². The zero-order valence-electron chi connectivity index (χ0n) is 16.4. The standard InChI is InChI=1S/C25H28N2O/c1-17(23-11-5-7-19-6-2-3-10-24(19)23)27-22-9-4-8-21(16-22)18-12-14-20(15-13-18)25(26)28/h2-3,5-7,10-15,17,21-22,27H,4,8-9,16H2,1H3,(H2,26,28)/t17-,21+,22+/m1/s1. The van der Waals surface area contributed by atoms with Crippen molar-refractivity contribution in [1.82, 2.24) is 5.32 Å². The van der Waals surface area contributed by atoms with Gasteiger partial charge in [-0.3, -0.25) is 4.79 Å². The van der Waals surface area contributed by atoms with Crippen LogP contribution in [0.1, 0.15) is 66.1 Å². The molecular formula is C25H28N2O. The number of nitrogens with one attached hydrogen (secondary N) is 1. The Bertz CT molecular complexity index is 958. The summed E-state index contributed by atoms with van der Waals surface area (Å²) in [6, 6.07) is 23.8. The molecule has 0 saturated heterocycles. The van der Waals surface area contributed by atoms with Crippen molar-refractivity contribution >= 4 is 16.7 Å². The van der Waals surface area contributed by atoms with Gasteiger partial charge in [0, 0.05) is 17.6 Å². The van der Waals surface area contributed by atoms with Gasteiger partial charge in [-0.15, -0.1) is 0 Å². The number of hydrogen-bond donors (Lipinski definition) is 2. The van der Waals surface area contributed by atoms with Gasteiger partial charge in [0.25, 0.3) is 0 Å². The molecular weight excluding hydrogens is 344 g/mol. The number of nitrogens with two attached hydrogens (primary N) is 1. The van der Waals surface area contributed by atoms with Crippen molar-refractivity contribution in [2.75, 3.05) is 0 Å². The molecule has 1 saturated carbocycles. The first-order valence-electron chi connectivity index (χ1n) is 10.3. The average molecular weight is 373 g/mol. The van der Waals surface area contributed by atoms with Gasteiger partial charge in [0.15, 0.2) is 0 Å². The Labute approximate surface area is 167 Å². The van der Waals surface area contributed by atoms with E-state index in [-0.39, 0.29) is 5.91 Å². The van der Waals surface area contributed by atoms with Crippen molar-refractivity contribution in [3.05, 3.63) is 83.4 Å². The highest BCUT2D eigenvalue weighted by molar-refractivity contribution is 5.92. The van der Waals surface area contributed by atoms with Gasteiger partial charge in [-0.2, -0.15) is 0 Å². The van der Waals surface area contributed by atoms with E-state index in [1.807, 2.05) is 12.1 Å². The lowest BCUT2D eigenvalue weighted by Crippen LogP contribution is -2.35. The fourth-order valence-corrected chi connectivity index (χ4v) is 4.63. The van der Waals surface area contributed by atoms with E-state index >= 15 is 0 Å². The Hall–Kier alpha value is -2.65. The number of primary amides is 1. The molecule has 0 heterocycles. The first kappa shape index (κ1) is 18.7. The summed E-state index contributed by atoms with van der Waals surface area (Å²) >= 11 is 0. The van der Waals surface area contributed by atoms with Crippen molar-refractivity contribution < 1.29 is 4.79 Å². The van der Waals surface area contributed by atoms with E-state index in [1.54, 1.807) is 0 Å². The quantitative estimate of drug-likeness (QED) is 0.637. The number of rotatable bonds is 5. The maximum atomic E-state index is 11.3. The zero-order valence-corrected chi connectivity index (χ0v) is 16.4. The molecule has 3 heteroatoms. The summed E-state index contributed by atoms with van der Waals surface area (Å²) in [5.41, 5.74) is 8.63. The summed E-state index contributed by atoms with van der Waals surface area (Å²) in [6.45, 7) is 2.27. The van der Waals surface area contributed by atoms with Crippen LogP contribution in [0.5, 0.6) is 0 Å². The smallest absolute Gasteiger partial charge is 0.248 e. The van der Waals surface area contributed by atoms with E-state index < -0.39 is 0 Å². The predicted octanol–water partition coefficient (Wildman–Crippen LogP) is 5.32. The Balaban J connectivity index is 1.46. The van der Waals surface area contributed by atoms with Crippen molar-refractivity contribution in [3.63, 3.8) is 0 Å². The van der Waals surface area contributed by atoms with Gasteiger partial charge >= 0.3 is 0 Å². The monoisotopic (exact) mass is 372 g/mol. The van der Waals surface area contributed by atoms with Crippen LogP contribution in [-0.2, 0) is 0 Å². The van der Waals surface area contributed by atoms with Gasteiger partial charge in [0.05, 0.1) is 0 Å². The fourth-order valence-electron chi connectivity index (χ4n) is 4.63. The second kappa shape index (κ2) is 8.15. The molecule has 1 fully saturated rings. The molecule has 1 aliphatic rings. The van der Waals surface area contributed by atoms with Crippen LogP contribution in [0.4, 0.5) is 0 Å². The van der Waals surface area contributed by atoms with Crippen molar-refractivity contribution in [2.24, 2.45) is 5.73 Å². The van der Waals surface area contributed by atoms with E-state index in [2.05, 4.69) is 66.8 Å². The number of amides is 1. The first-order valence-corrected chi connectivity index (χ1v) is 10.3. The Morgan fingerprint density at radius 1 is 1.00 bits per heavy atom. The molecule has 28 heavy (non-hydrogen) atoms. The molecule has 3 nitrogen and oxygen atoms in total. The lowest BCUT2D eigenvalue weighted by atomic mass is 9.80. The molecule has 3 aromatic rings.